The minimum atomic E-state index is 0.689. The van der Waals surface area contributed by atoms with Gasteiger partial charge in [0.25, 0.3) is 0 Å². The van der Waals surface area contributed by atoms with Gasteiger partial charge in [0.2, 0.25) is 0 Å². The maximum atomic E-state index is 6.17. The zero-order valence-corrected chi connectivity index (χ0v) is 27.0. The van der Waals surface area contributed by atoms with Crippen LogP contribution in [0.2, 0.25) is 0 Å². The van der Waals surface area contributed by atoms with Gasteiger partial charge in [-0.25, -0.2) is 9.97 Å². The second-order valence-corrected chi connectivity index (χ2v) is 12.6. The number of benzene rings is 7. The average Bonchev–Trinajstić information content (AvgIpc) is 3.74. The molecule has 4 heteroatoms. The van der Waals surface area contributed by atoms with Gasteiger partial charge in [0.15, 0.2) is 5.82 Å². The summed E-state index contributed by atoms with van der Waals surface area (Å²) < 4.78 is 8.49. The van der Waals surface area contributed by atoms with Crippen molar-refractivity contribution in [3.63, 3.8) is 0 Å². The Balaban J connectivity index is 1.04. The topological polar surface area (TPSA) is 43.9 Å². The molecule has 0 amide bonds. The molecular weight excluding hydrogens is 611 g/mol. The van der Waals surface area contributed by atoms with Gasteiger partial charge in [-0.3, -0.25) is 0 Å². The van der Waals surface area contributed by atoms with Gasteiger partial charge in [-0.05, 0) is 71.8 Å². The molecule has 0 fully saturated rings. The van der Waals surface area contributed by atoms with E-state index in [2.05, 4.69) is 144 Å². The SMILES string of the molecule is c1ccc(-c2cc(-c3ccc(-c4ccc5c(c4)oc4ccccc45)cc3)nc(-c3ccc(-n4c5ccccc5c5ccccc54)cc3)n2)cc1. The first-order valence-electron chi connectivity index (χ1n) is 16.8. The molecule has 10 aromatic rings. The third-order valence-corrected chi connectivity index (χ3v) is 9.65. The van der Waals surface area contributed by atoms with E-state index in [9.17, 15) is 0 Å². The summed E-state index contributed by atoms with van der Waals surface area (Å²) in [6.07, 6.45) is 0. The van der Waals surface area contributed by atoms with Crippen LogP contribution in [0.1, 0.15) is 0 Å². The van der Waals surface area contributed by atoms with E-state index in [1.165, 1.54) is 21.8 Å². The molecule has 10 rings (SSSR count). The molecule has 0 radical (unpaired) electrons. The normalized spacial score (nSPS) is 11.6. The monoisotopic (exact) mass is 639 g/mol. The highest BCUT2D eigenvalue weighted by atomic mass is 16.3. The van der Waals surface area contributed by atoms with Gasteiger partial charge >= 0.3 is 0 Å². The summed E-state index contributed by atoms with van der Waals surface area (Å²) >= 11 is 0. The Morgan fingerprint density at radius 2 is 0.880 bits per heavy atom. The van der Waals surface area contributed by atoms with Crippen LogP contribution < -0.4 is 0 Å². The number of para-hydroxylation sites is 3. The Morgan fingerprint density at radius 3 is 1.58 bits per heavy atom. The zero-order chi connectivity index (χ0) is 33.0. The molecule has 0 bridgehead atoms. The summed E-state index contributed by atoms with van der Waals surface area (Å²) in [5, 5.41) is 4.76. The number of fused-ring (bicyclic) bond motifs is 6. The Bertz CT molecular complexity index is 2790. The Morgan fingerprint density at radius 1 is 0.360 bits per heavy atom. The first-order valence-corrected chi connectivity index (χ1v) is 16.8. The highest BCUT2D eigenvalue weighted by molar-refractivity contribution is 6.09. The van der Waals surface area contributed by atoms with Crippen LogP contribution in [0.15, 0.2) is 180 Å². The fraction of sp³-hybridized carbons (Fsp3) is 0. The van der Waals surface area contributed by atoms with E-state index in [0.717, 1.165) is 66.8 Å². The van der Waals surface area contributed by atoms with Gasteiger partial charge < -0.3 is 8.98 Å². The van der Waals surface area contributed by atoms with E-state index in [4.69, 9.17) is 14.4 Å². The maximum absolute atomic E-state index is 6.17. The molecule has 0 saturated heterocycles. The summed E-state index contributed by atoms with van der Waals surface area (Å²) in [4.78, 5) is 10.2. The molecule has 0 aliphatic rings. The average molecular weight is 640 g/mol. The third-order valence-electron chi connectivity index (χ3n) is 9.65. The van der Waals surface area contributed by atoms with Gasteiger partial charge in [0.1, 0.15) is 11.2 Å². The van der Waals surface area contributed by atoms with Crippen LogP contribution in [0.25, 0.3) is 94.5 Å². The fourth-order valence-electron chi connectivity index (χ4n) is 7.18. The van der Waals surface area contributed by atoms with Crippen molar-refractivity contribution in [1.29, 1.82) is 0 Å². The van der Waals surface area contributed by atoms with E-state index in [-0.39, 0.29) is 0 Å². The number of nitrogens with zero attached hydrogens (tertiary/aromatic N) is 3. The van der Waals surface area contributed by atoms with Crippen LogP contribution >= 0.6 is 0 Å². The van der Waals surface area contributed by atoms with Crippen molar-refractivity contribution in [2.24, 2.45) is 0 Å². The van der Waals surface area contributed by atoms with Gasteiger partial charge in [0.05, 0.1) is 22.4 Å². The Labute approximate surface area is 288 Å². The molecule has 0 aliphatic heterocycles. The molecule has 4 nitrogen and oxygen atoms in total. The van der Waals surface area contributed by atoms with E-state index >= 15 is 0 Å². The van der Waals surface area contributed by atoms with Crippen molar-refractivity contribution in [3.05, 3.63) is 176 Å². The highest BCUT2D eigenvalue weighted by Crippen LogP contribution is 2.35. The summed E-state index contributed by atoms with van der Waals surface area (Å²) in [6, 6.07) is 61.4. The van der Waals surface area contributed by atoms with Crippen molar-refractivity contribution in [1.82, 2.24) is 14.5 Å². The largest absolute Gasteiger partial charge is 0.456 e. The first kappa shape index (κ1) is 28.3. The Kier molecular flexibility index (Phi) is 6.46. The maximum Gasteiger partial charge on any atom is 0.160 e. The Hall–Kier alpha value is -6.78. The van der Waals surface area contributed by atoms with Crippen LogP contribution in [0.3, 0.4) is 0 Å². The molecule has 3 aromatic heterocycles. The molecule has 0 atom stereocenters. The van der Waals surface area contributed by atoms with Crippen LogP contribution in [0, 0.1) is 0 Å². The summed E-state index contributed by atoms with van der Waals surface area (Å²) in [5.74, 6) is 0.689. The third kappa shape index (κ3) is 4.69. The number of furan rings is 1. The lowest BCUT2D eigenvalue weighted by Gasteiger charge is -2.12. The van der Waals surface area contributed by atoms with Gasteiger partial charge in [-0.15, -0.1) is 0 Å². The second-order valence-electron chi connectivity index (χ2n) is 12.6. The van der Waals surface area contributed by atoms with Crippen molar-refractivity contribution in [3.8, 4) is 50.7 Å². The smallest absolute Gasteiger partial charge is 0.160 e. The highest BCUT2D eigenvalue weighted by Gasteiger charge is 2.15. The van der Waals surface area contributed by atoms with E-state index < -0.39 is 0 Å². The lowest BCUT2D eigenvalue weighted by Crippen LogP contribution is -1.97. The molecule has 0 N–H and O–H groups in total. The van der Waals surface area contributed by atoms with E-state index in [1.54, 1.807) is 0 Å². The molecule has 7 aromatic carbocycles. The summed E-state index contributed by atoms with van der Waals surface area (Å²) in [5.41, 5.74) is 12.3. The quantitative estimate of drug-likeness (QED) is 0.188. The lowest BCUT2D eigenvalue weighted by atomic mass is 10.0. The van der Waals surface area contributed by atoms with Crippen molar-refractivity contribution < 1.29 is 4.42 Å². The molecule has 50 heavy (non-hydrogen) atoms. The predicted octanol–water partition coefficient (Wildman–Crippen LogP) is 12.1. The molecule has 3 heterocycles. The van der Waals surface area contributed by atoms with Crippen LogP contribution in [0.4, 0.5) is 0 Å². The van der Waals surface area contributed by atoms with E-state index in [1.807, 2.05) is 36.4 Å². The van der Waals surface area contributed by atoms with E-state index in [0.29, 0.717) is 5.82 Å². The van der Waals surface area contributed by atoms with Crippen molar-refractivity contribution in [2.75, 3.05) is 0 Å². The van der Waals surface area contributed by atoms with Gasteiger partial charge in [-0.2, -0.15) is 0 Å². The number of aromatic nitrogens is 3. The fourth-order valence-corrected chi connectivity index (χ4v) is 7.18. The molecule has 0 aliphatic carbocycles. The summed E-state index contributed by atoms with van der Waals surface area (Å²) in [6.45, 7) is 0. The molecule has 0 spiro atoms. The lowest BCUT2D eigenvalue weighted by molar-refractivity contribution is 0.669. The molecule has 0 unspecified atom stereocenters. The molecule has 0 saturated carbocycles. The van der Waals surface area contributed by atoms with Crippen molar-refractivity contribution in [2.45, 2.75) is 0 Å². The van der Waals surface area contributed by atoms with Gasteiger partial charge in [0, 0.05) is 43.9 Å². The second kappa shape index (κ2) is 11.4. The van der Waals surface area contributed by atoms with Gasteiger partial charge in [-0.1, -0.05) is 115 Å². The standard InChI is InChI=1S/C46H29N3O/c1-2-10-31(11-3-1)40-29-41(32-20-18-30(19-21-32)34-24-27-39-38-14-6-9-17-44(38)50-45(39)28-34)48-46(47-40)33-22-25-35(26-23-33)49-42-15-7-4-12-36(42)37-13-5-8-16-43(37)49/h1-29H. The van der Waals surface area contributed by atoms with Crippen molar-refractivity contribution >= 4 is 43.7 Å². The minimum absolute atomic E-state index is 0.689. The number of rotatable bonds is 5. The zero-order valence-electron chi connectivity index (χ0n) is 27.0. The van der Waals surface area contributed by atoms with Crippen LogP contribution in [-0.2, 0) is 0 Å². The molecular formula is C46H29N3O. The number of hydrogen-bond donors (Lipinski definition) is 0. The first-order chi connectivity index (χ1) is 24.8. The predicted molar refractivity (Wildman–Crippen MR) is 205 cm³/mol. The molecule has 234 valence electrons. The number of hydrogen-bond acceptors (Lipinski definition) is 3. The minimum Gasteiger partial charge on any atom is -0.456 e. The summed E-state index contributed by atoms with van der Waals surface area (Å²) in [7, 11) is 0. The van der Waals surface area contributed by atoms with Crippen LogP contribution in [-0.4, -0.2) is 14.5 Å². The van der Waals surface area contributed by atoms with Crippen LogP contribution in [0.5, 0.6) is 0 Å².